The molecule has 0 spiro atoms. The van der Waals surface area contributed by atoms with Crippen LogP contribution in [0.2, 0.25) is 0 Å². The lowest BCUT2D eigenvalue weighted by Gasteiger charge is -2.11. The van der Waals surface area contributed by atoms with Crippen LogP contribution >= 0.6 is 0 Å². The summed E-state index contributed by atoms with van der Waals surface area (Å²) in [4.78, 5) is 30.2. The molecule has 0 unspecified atom stereocenters. The maximum Gasteiger partial charge on any atom is 0.329 e. The second-order valence-electron chi connectivity index (χ2n) is 5.36. The summed E-state index contributed by atoms with van der Waals surface area (Å²) in [5.74, 6) is 0.755. The van der Waals surface area contributed by atoms with E-state index in [1.807, 2.05) is 30.3 Å². The highest BCUT2D eigenvalue weighted by Crippen LogP contribution is 2.25. The highest BCUT2D eigenvalue weighted by atomic mass is 16.6. The molecule has 1 atom stereocenters. The van der Waals surface area contributed by atoms with Gasteiger partial charge >= 0.3 is 5.69 Å². The van der Waals surface area contributed by atoms with E-state index in [9.17, 15) is 9.59 Å². The Kier molecular flexibility index (Phi) is 2.97. The molecule has 0 saturated carbocycles. The first-order valence-corrected chi connectivity index (χ1v) is 7.17. The van der Waals surface area contributed by atoms with Gasteiger partial charge in [0, 0.05) is 7.05 Å². The molecule has 118 valence electrons. The van der Waals surface area contributed by atoms with E-state index in [1.165, 1.54) is 4.57 Å². The van der Waals surface area contributed by atoms with Gasteiger partial charge in [-0.15, -0.1) is 0 Å². The van der Waals surface area contributed by atoms with Gasteiger partial charge in [0.1, 0.15) is 12.4 Å². The van der Waals surface area contributed by atoms with Crippen molar-refractivity contribution in [2.75, 3.05) is 6.61 Å². The second-order valence-corrected chi connectivity index (χ2v) is 5.36. The molecule has 23 heavy (non-hydrogen) atoms. The molecule has 2 aromatic heterocycles. The van der Waals surface area contributed by atoms with E-state index in [0.29, 0.717) is 30.3 Å². The molecule has 3 heterocycles. The van der Waals surface area contributed by atoms with Crippen molar-refractivity contribution in [3.63, 3.8) is 0 Å². The number of aryl methyl sites for hydroxylation is 1. The summed E-state index contributed by atoms with van der Waals surface area (Å²) in [5, 5.41) is 0. The molecule has 1 aliphatic rings. The van der Waals surface area contributed by atoms with E-state index in [-0.39, 0.29) is 6.10 Å². The molecule has 8 heteroatoms. The Morgan fingerprint density at radius 2 is 2.13 bits per heavy atom. The minimum Gasteiger partial charge on any atom is -0.490 e. The van der Waals surface area contributed by atoms with Gasteiger partial charge in [-0.1, -0.05) is 18.2 Å². The van der Waals surface area contributed by atoms with E-state index >= 15 is 0 Å². The van der Waals surface area contributed by atoms with Crippen LogP contribution in [0.4, 0.5) is 0 Å². The molecule has 0 saturated heterocycles. The molecule has 1 aliphatic heterocycles. The van der Waals surface area contributed by atoms with E-state index in [0.717, 1.165) is 5.75 Å². The van der Waals surface area contributed by atoms with Gasteiger partial charge < -0.3 is 9.47 Å². The lowest BCUT2D eigenvalue weighted by Crippen LogP contribution is -2.30. The number of benzene rings is 1. The van der Waals surface area contributed by atoms with Crippen molar-refractivity contribution >= 4 is 11.2 Å². The Hall–Kier alpha value is -3.03. The number of imidazole rings is 1. The quantitative estimate of drug-likeness (QED) is 0.749. The molecular formula is C15H14N4O4. The van der Waals surface area contributed by atoms with Crippen LogP contribution in [-0.4, -0.2) is 31.8 Å². The summed E-state index contributed by atoms with van der Waals surface area (Å²) in [7, 11) is 1.55. The van der Waals surface area contributed by atoms with E-state index < -0.39 is 11.2 Å². The highest BCUT2D eigenvalue weighted by Gasteiger charge is 2.29. The van der Waals surface area contributed by atoms with E-state index in [1.54, 1.807) is 11.6 Å². The van der Waals surface area contributed by atoms with Crippen LogP contribution in [0.25, 0.3) is 11.2 Å². The molecule has 0 radical (unpaired) electrons. The number of hydrogen-bond donors (Lipinski definition) is 1. The fourth-order valence-electron chi connectivity index (χ4n) is 2.66. The van der Waals surface area contributed by atoms with Crippen molar-refractivity contribution in [2.45, 2.75) is 12.6 Å². The van der Waals surface area contributed by atoms with Gasteiger partial charge in [0.15, 0.2) is 17.3 Å². The van der Waals surface area contributed by atoms with Crippen LogP contribution in [0, 0.1) is 0 Å². The third-order valence-electron chi connectivity index (χ3n) is 3.81. The Bertz CT molecular complexity index is 986. The first kappa shape index (κ1) is 13.6. The van der Waals surface area contributed by atoms with Crippen molar-refractivity contribution in [1.29, 1.82) is 0 Å². The predicted octanol–water partition coefficient (Wildman–Crippen LogP) is 0.263. The fourth-order valence-corrected chi connectivity index (χ4v) is 2.66. The summed E-state index contributed by atoms with van der Waals surface area (Å²) < 4.78 is 14.4. The number of rotatable bonds is 3. The van der Waals surface area contributed by atoms with Crippen molar-refractivity contribution in [2.24, 2.45) is 7.05 Å². The van der Waals surface area contributed by atoms with Crippen LogP contribution in [0.5, 0.6) is 11.8 Å². The number of para-hydroxylation sites is 1. The van der Waals surface area contributed by atoms with Gasteiger partial charge in [0.05, 0.1) is 6.54 Å². The predicted molar refractivity (Wildman–Crippen MR) is 81.9 cm³/mol. The third kappa shape index (κ3) is 2.19. The minimum absolute atomic E-state index is 0.237. The molecule has 4 rings (SSSR count). The molecule has 0 fully saturated rings. The van der Waals surface area contributed by atoms with Crippen LogP contribution in [0.1, 0.15) is 0 Å². The first-order valence-electron chi connectivity index (χ1n) is 7.17. The normalized spacial score (nSPS) is 16.3. The van der Waals surface area contributed by atoms with E-state index in [4.69, 9.17) is 9.47 Å². The smallest absolute Gasteiger partial charge is 0.329 e. The Balaban J connectivity index is 1.60. The van der Waals surface area contributed by atoms with Crippen LogP contribution in [-0.2, 0) is 13.6 Å². The van der Waals surface area contributed by atoms with Crippen LogP contribution in [0.15, 0.2) is 39.9 Å². The van der Waals surface area contributed by atoms with Gasteiger partial charge in [0.25, 0.3) is 11.6 Å². The minimum atomic E-state index is -0.497. The van der Waals surface area contributed by atoms with Crippen molar-refractivity contribution in [3.05, 3.63) is 51.2 Å². The van der Waals surface area contributed by atoms with Crippen molar-refractivity contribution in [1.82, 2.24) is 19.1 Å². The molecule has 8 nitrogen and oxygen atoms in total. The molecular weight excluding hydrogens is 300 g/mol. The Morgan fingerprint density at radius 3 is 2.91 bits per heavy atom. The fraction of sp³-hybridized carbons (Fsp3) is 0.267. The summed E-state index contributed by atoms with van der Waals surface area (Å²) >= 11 is 0. The molecule has 3 aromatic rings. The number of aromatic nitrogens is 4. The van der Waals surface area contributed by atoms with Crippen molar-refractivity contribution < 1.29 is 9.47 Å². The van der Waals surface area contributed by atoms with Crippen molar-refractivity contribution in [3.8, 4) is 11.8 Å². The number of ether oxygens (including phenoxy) is 2. The largest absolute Gasteiger partial charge is 0.490 e. The van der Waals surface area contributed by atoms with Crippen LogP contribution < -0.4 is 20.7 Å². The third-order valence-corrected chi connectivity index (χ3v) is 3.81. The van der Waals surface area contributed by atoms with Gasteiger partial charge in [-0.2, -0.15) is 4.98 Å². The SMILES string of the molecule is Cn1c(=O)[nH]c(=O)c2c1nc1n2C[C@@H](COc2ccccc2)O1. The molecule has 0 amide bonds. The number of hydrogen-bond acceptors (Lipinski definition) is 5. The zero-order valence-electron chi connectivity index (χ0n) is 12.4. The van der Waals surface area contributed by atoms with Gasteiger partial charge in [0.2, 0.25) is 0 Å². The maximum atomic E-state index is 12.0. The molecule has 1 aromatic carbocycles. The summed E-state index contributed by atoms with van der Waals surface area (Å²) in [5.41, 5.74) is -0.307. The number of nitrogens with zero attached hydrogens (tertiary/aromatic N) is 3. The summed E-state index contributed by atoms with van der Waals surface area (Å²) in [6.45, 7) is 0.790. The Labute approximate surface area is 129 Å². The molecule has 0 bridgehead atoms. The standard InChI is InChI=1S/C15H14N4O4/c1-18-12-11(13(20)17-14(18)21)19-7-10(23-15(19)16-12)8-22-9-5-3-2-4-6-9/h2-6,10H,7-8H2,1H3,(H,17,20,21)/t10-/m0/s1. The average Bonchev–Trinajstić information content (AvgIpc) is 3.09. The zero-order chi connectivity index (χ0) is 16.0. The van der Waals surface area contributed by atoms with Gasteiger partial charge in [-0.3, -0.25) is 18.9 Å². The average molecular weight is 314 g/mol. The second kappa shape index (κ2) is 5.01. The molecule has 1 N–H and O–H groups in total. The van der Waals surface area contributed by atoms with Gasteiger partial charge in [-0.05, 0) is 12.1 Å². The summed E-state index contributed by atoms with van der Waals surface area (Å²) in [6.07, 6.45) is -0.237. The highest BCUT2D eigenvalue weighted by molar-refractivity contribution is 5.72. The first-order chi connectivity index (χ1) is 11.1. The maximum absolute atomic E-state index is 12.0. The zero-order valence-corrected chi connectivity index (χ0v) is 12.4. The monoisotopic (exact) mass is 314 g/mol. The molecule has 0 aliphatic carbocycles. The van der Waals surface area contributed by atoms with Crippen LogP contribution in [0.3, 0.4) is 0 Å². The van der Waals surface area contributed by atoms with Gasteiger partial charge in [-0.25, -0.2) is 4.79 Å². The number of fused-ring (bicyclic) bond motifs is 3. The number of H-pyrrole nitrogens is 1. The lowest BCUT2D eigenvalue weighted by atomic mass is 10.3. The summed E-state index contributed by atoms with van der Waals surface area (Å²) in [6, 6.07) is 9.75. The van der Waals surface area contributed by atoms with E-state index in [2.05, 4.69) is 9.97 Å². The number of aromatic amines is 1. The number of nitrogens with one attached hydrogen (secondary N) is 1. The topological polar surface area (TPSA) is 91.1 Å². The Morgan fingerprint density at radius 1 is 1.35 bits per heavy atom. The lowest BCUT2D eigenvalue weighted by molar-refractivity contribution is 0.144.